The van der Waals surface area contributed by atoms with Crippen molar-refractivity contribution in [1.29, 1.82) is 0 Å². The van der Waals surface area contributed by atoms with Crippen LogP contribution in [0, 0.1) is 0 Å². The molecule has 0 aliphatic rings. The van der Waals surface area contributed by atoms with E-state index >= 15 is 0 Å². The number of allylic oxidation sites excluding steroid dienone is 2. The van der Waals surface area contributed by atoms with Crippen LogP contribution in [0.4, 0.5) is 0 Å². The van der Waals surface area contributed by atoms with E-state index in [2.05, 4.69) is 32.9 Å². The van der Waals surface area contributed by atoms with Gasteiger partial charge >= 0.3 is 17.9 Å². The Morgan fingerprint density at radius 2 is 0.673 bits per heavy atom. The Labute approximate surface area is 303 Å². The first-order valence-electron chi connectivity index (χ1n) is 21.2. The minimum absolute atomic E-state index is 0.0694. The lowest BCUT2D eigenvalue weighted by Crippen LogP contribution is -2.30. The molecule has 0 saturated carbocycles. The molecule has 49 heavy (non-hydrogen) atoms. The second kappa shape index (κ2) is 38.9. The number of unbranched alkanes of at least 4 members (excludes halogenated alkanes) is 25. The minimum Gasteiger partial charge on any atom is -0.462 e. The van der Waals surface area contributed by atoms with Crippen molar-refractivity contribution in [3.63, 3.8) is 0 Å². The van der Waals surface area contributed by atoms with Crippen LogP contribution in [-0.2, 0) is 28.6 Å². The van der Waals surface area contributed by atoms with Crippen LogP contribution in [0.3, 0.4) is 0 Å². The molecule has 0 spiro atoms. The van der Waals surface area contributed by atoms with Gasteiger partial charge in [0.25, 0.3) is 0 Å². The molecule has 0 radical (unpaired) electrons. The first-order valence-corrected chi connectivity index (χ1v) is 21.2. The molecule has 0 aliphatic heterocycles. The molecule has 0 aromatic heterocycles. The second-order valence-corrected chi connectivity index (χ2v) is 14.3. The van der Waals surface area contributed by atoms with Gasteiger partial charge < -0.3 is 14.2 Å². The molecule has 0 amide bonds. The third-order valence-corrected chi connectivity index (χ3v) is 9.27. The Bertz CT molecular complexity index is 763. The molecule has 0 N–H and O–H groups in total. The molecule has 0 saturated heterocycles. The average molecular weight is 693 g/mol. The zero-order valence-corrected chi connectivity index (χ0v) is 32.7. The van der Waals surface area contributed by atoms with E-state index in [0.717, 1.165) is 64.2 Å². The van der Waals surface area contributed by atoms with Crippen molar-refractivity contribution >= 4 is 17.9 Å². The van der Waals surface area contributed by atoms with E-state index in [1.54, 1.807) is 0 Å². The van der Waals surface area contributed by atoms with Crippen LogP contribution in [0.1, 0.15) is 226 Å². The third-order valence-electron chi connectivity index (χ3n) is 9.27. The number of hydrogen-bond acceptors (Lipinski definition) is 6. The van der Waals surface area contributed by atoms with Crippen LogP contribution < -0.4 is 0 Å². The lowest BCUT2D eigenvalue weighted by Gasteiger charge is -2.18. The Balaban J connectivity index is 4.33. The molecule has 0 heterocycles. The fourth-order valence-corrected chi connectivity index (χ4v) is 6.02. The average Bonchev–Trinajstić information content (AvgIpc) is 3.10. The summed E-state index contributed by atoms with van der Waals surface area (Å²) in [6.45, 7) is 6.57. The molecular weight excluding hydrogens is 612 g/mol. The monoisotopic (exact) mass is 693 g/mol. The van der Waals surface area contributed by atoms with Crippen LogP contribution in [0.5, 0.6) is 0 Å². The summed E-state index contributed by atoms with van der Waals surface area (Å²) in [5, 5.41) is 0. The Morgan fingerprint density at radius 1 is 0.388 bits per heavy atom. The van der Waals surface area contributed by atoms with Crippen molar-refractivity contribution in [3.8, 4) is 0 Å². The van der Waals surface area contributed by atoms with Crippen molar-refractivity contribution in [3.05, 3.63) is 12.2 Å². The van der Waals surface area contributed by atoms with Gasteiger partial charge in [-0.1, -0.05) is 174 Å². The zero-order valence-electron chi connectivity index (χ0n) is 32.7. The van der Waals surface area contributed by atoms with Gasteiger partial charge in [-0.2, -0.15) is 0 Å². The highest BCUT2D eigenvalue weighted by Gasteiger charge is 2.19. The minimum atomic E-state index is -0.762. The first-order chi connectivity index (χ1) is 24.0. The maximum absolute atomic E-state index is 12.6. The van der Waals surface area contributed by atoms with Gasteiger partial charge in [0.2, 0.25) is 0 Å². The fourth-order valence-electron chi connectivity index (χ4n) is 6.02. The van der Waals surface area contributed by atoms with Gasteiger partial charge in [0, 0.05) is 19.3 Å². The van der Waals surface area contributed by atoms with Crippen LogP contribution in [-0.4, -0.2) is 37.2 Å². The molecule has 0 rings (SSSR count). The molecule has 0 aromatic rings. The third kappa shape index (κ3) is 37.2. The molecular formula is C43H80O6. The maximum Gasteiger partial charge on any atom is 0.306 e. The number of ether oxygens (including phenoxy) is 3. The predicted octanol–water partition coefficient (Wildman–Crippen LogP) is 13.1. The first kappa shape index (κ1) is 47.1. The molecule has 1 atom stereocenters. The summed E-state index contributed by atoms with van der Waals surface area (Å²) in [7, 11) is 0. The van der Waals surface area contributed by atoms with Gasteiger partial charge in [-0.3, -0.25) is 14.4 Å². The van der Waals surface area contributed by atoms with Crippen molar-refractivity contribution in [2.45, 2.75) is 232 Å². The summed E-state index contributed by atoms with van der Waals surface area (Å²) >= 11 is 0. The summed E-state index contributed by atoms with van der Waals surface area (Å²) in [5.41, 5.74) is 0. The molecule has 0 aromatic carbocycles. The van der Waals surface area contributed by atoms with Gasteiger partial charge in [-0.15, -0.1) is 0 Å². The number of rotatable bonds is 38. The Morgan fingerprint density at radius 3 is 1.04 bits per heavy atom. The van der Waals surface area contributed by atoms with Crippen LogP contribution in [0.15, 0.2) is 12.2 Å². The van der Waals surface area contributed by atoms with Crippen molar-refractivity contribution in [2.75, 3.05) is 13.2 Å². The Hall–Kier alpha value is -1.85. The van der Waals surface area contributed by atoms with Crippen LogP contribution in [0.25, 0.3) is 0 Å². The van der Waals surface area contributed by atoms with Crippen molar-refractivity contribution < 1.29 is 28.6 Å². The molecule has 0 fully saturated rings. The zero-order chi connectivity index (χ0) is 35.9. The Kier molecular flexibility index (Phi) is 37.5. The van der Waals surface area contributed by atoms with E-state index in [1.165, 1.54) is 122 Å². The van der Waals surface area contributed by atoms with Crippen LogP contribution in [0.2, 0.25) is 0 Å². The lowest BCUT2D eigenvalue weighted by molar-refractivity contribution is -0.167. The number of carbonyl (C=O) groups is 3. The van der Waals surface area contributed by atoms with Gasteiger partial charge in [0.15, 0.2) is 6.10 Å². The van der Waals surface area contributed by atoms with Gasteiger partial charge in [0.05, 0.1) is 0 Å². The number of carbonyl (C=O) groups excluding carboxylic acids is 3. The molecule has 288 valence electrons. The molecule has 6 nitrogen and oxygen atoms in total. The van der Waals surface area contributed by atoms with E-state index < -0.39 is 6.10 Å². The van der Waals surface area contributed by atoms with E-state index in [4.69, 9.17) is 14.2 Å². The predicted molar refractivity (Wildman–Crippen MR) is 206 cm³/mol. The summed E-state index contributed by atoms with van der Waals surface area (Å²) in [6, 6.07) is 0. The van der Waals surface area contributed by atoms with E-state index in [9.17, 15) is 14.4 Å². The largest absolute Gasteiger partial charge is 0.462 e. The summed E-state index contributed by atoms with van der Waals surface area (Å²) in [6.07, 6.45) is 39.1. The summed E-state index contributed by atoms with van der Waals surface area (Å²) < 4.78 is 16.6. The van der Waals surface area contributed by atoms with Crippen LogP contribution >= 0.6 is 0 Å². The highest BCUT2D eigenvalue weighted by Crippen LogP contribution is 2.14. The highest BCUT2D eigenvalue weighted by atomic mass is 16.6. The quantitative estimate of drug-likeness (QED) is 0.0277. The van der Waals surface area contributed by atoms with Gasteiger partial charge in [-0.05, 0) is 44.9 Å². The summed E-state index contributed by atoms with van der Waals surface area (Å²) in [4.78, 5) is 37.5. The highest BCUT2D eigenvalue weighted by molar-refractivity contribution is 5.71. The van der Waals surface area contributed by atoms with Crippen molar-refractivity contribution in [1.82, 2.24) is 0 Å². The second-order valence-electron chi connectivity index (χ2n) is 14.3. The molecule has 0 aliphatic carbocycles. The number of esters is 3. The van der Waals surface area contributed by atoms with E-state index in [-0.39, 0.29) is 31.1 Å². The van der Waals surface area contributed by atoms with Crippen molar-refractivity contribution in [2.24, 2.45) is 0 Å². The standard InChI is InChI=1S/C43H80O6/c1-4-7-10-13-16-19-21-22-23-25-27-30-33-36-42(45)48-39-40(38-47-41(44)35-32-29-26-18-15-12-9-6-3)49-43(46)37-34-31-28-24-20-17-14-11-8-5-2/h19,21,40H,4-18,20,22-39H2,1-3H3/b21-19-. The molecule has 1 unspecified atom stereocenters. The molecule has 0 bridgehead atoms. The van der Waals surface area contributed by atoms with E-state index in [0.29, 0.717) is 19.3 Å². The lowest BCUT2D eigenvalue weighted by atomic mass is 10.1. The normalized spacial score (nSPS) is 12.0. The SMILES string of the molecule is CCCCCC/C=C\CCCCCCCC(=O)OCC(COC(=O)CCCCCCCCCC)OC(=O)CCCCCCCCCCCC. The van der Waals surface area contributed by atoms with Gasteiger partial charge in [0.1, 0.15) is 13.2 Å². The number of hydrogen-bond donors (Lipinski definition) is 0. The van der Waals surface area contributed by atoms with Gasteiger partial charge in [-0.25, -0.2) is 0 Å². The van der Waals surface area contributed by atoms with E-state index in [1.807, 2.05) is 0 Å². The fraction of sp³-hybridized carbons (Fsp3) is 0.884. The maximum atomic E-state index is 12.6. The summed E-state index contributed by atoms with van der Waals surface area (Å²) in [5.74, 6) is -0.881. The topological polar surface area (TPSA) is 78.9 Å². The molecule has 6 heteroatoms. The smallest absolute Gasteiger partial charge is 0.306 e.